The Morgan fingerprint density at radius 1 is 1.26 bits per heavy atom. The van der Waals surface area contributed by atoms with Crippen molar-refractivity contribution in [1.82, 2.24) is 20.5 Å². The SMILES string of the molecule is C[C@@H]1CN(c2n[nH]c(C3(C)CCCCC3)n2)CCN1. The number of nitrogens with one attached hydrogen (secondary N) is 2. The van der Waals surface area contributed by atoms with Gasteiger partial charge in [-0.2, -0.15) is 4.98 Å². The summed E-state index contributed by atoms with van der Waals surface area (Å²) >= 11 is 0. The molecular weight excluding hydrogens is 238 g/mol. The third-order valence-electron chi connectivity index (χ3n) is 4.65. The zero-order chi connectivity index (χ0) is 13.3. The lowest BCUT2D eigenvalue weighted by atomic mass is 9.75. The molecule has 5 nitrogen and oxygen atoms in total. The Bertz CT molecular complexity index is 421. The molecule has 2 N–H and O–H groups in total. The van der Waals surface area contributed by atoms with Gasteiger partial charge in [0.2, 0.25) is 5.95 Å². The normalized spacial score (nSPS) is 27.5. The quantitative estimate of drug-likeness (QED) is 0.854. The van der Waals surface area contributed by atoms with Crippen molar-refractivity contribution in [3.8, 4) is 0 Å². The Balaban J connectivity index is 1.75. The molecule has 1 saturated carbocycles. The van der Waals surface area contributed by atoms with Crippen molar-refractivity contribution in [2.75, 3.05) is 24.5 Å². The van der Waals surface area contributed by atoms with Crippen molar-refractivity contribution in [2.45, 2.75) is 57.4 Å². The zero-order valence-corrected chi connectivity index (χ0v) is 12.1. The molecule has 0 aromatic carbocycles. The van der Waals surface area contributed by atoms with Crippen LogP contribution in [0.1, 0.15) is 51.8 Å². The van der Waals surface area contributed by atoms with Crippen molar-refractivity contribution in [3.05, 3.63) is 5.82 Å². The first-order valence-electron chi connectivity index (χ1n) is 7.59. The summed E-state index contributed by atoms with van der Waals surface area (Å²) in [4.78, 5) is 7.08. The number of hydrogen-bond donors (Lipinski definition) is 2. The van der Waals surface area contributed by atoms with Gasteiger partial charge in [0.25, 0.3) is 0 Å². The first-order chi connectivity index (χ1) is 9.17. The Morgan fingerprint density at radius 2 is 2.05 bits per heavy atom. The molecule has 0 spiro atoms. The molecule has 2 heterocycles. The van der Waals surface area contributed by atoms with Crippen molar-refractivity contribution in [2.24, 2.45) is 0 Å². The summed E-state index contributed by atoms with van der Waals surface area (Å²) in [5.74, 6) is 1.98. The number of nitrogens with zero attached hydrogens (tertiary/aromatic N) is 3. The van der Waals surface area contributed by atoms with Crippen LogP contribution in [0.2, 0.25) is 0 Å². The molecule has 19 heavy (non-hydrogen) atoms. The summed E-state index contributed by atoms with van der Waals surface area (Å²) in [6, 6.07) is 0.515. The monoisotopic (exact) mass is 263 g/mol. The Hall–Kier alpha value is -1.10. The van der Waals surface area contributed by atoms with Gasteiger partial charge in [-0.15, -0.1) is 5.10 Å². The van der Waals surface area contributed by atoms with Crippen LogP contribution in [-0.2, 0) is 5.41 Å². The van der Waals surface area contributed by atoms with Gasteiger partial charge in [0.1, 0.15) is 5.82 Å². The minimum absolute atomic E-state index is 0.211. The third-order valence-corrected chi connectivity index (χ3v) is 4.65. The standard InChI is InChI=1S/C14H25N5/c1-11-10-19(9-8-15-11)13-16-12(17-18-13)14(2)6-4-3-5-7-14/h11,15H,3-10H2,1-2H3,(H,16,17,18)/t11-/m1/s1. The van der Waals surface area contributed by atoms with Gasteiger partial charge in [0.05, 0.1) is 0 Å². The highest BCUT2D eigenvalue weighted by atomic mass is 15.4. The van der Waals surface area contributed by atoms with Crippen molar-refractivity contribution >= 4 is 5.95 Å². The number of aromatic nitrogens is 3. The van der Waals surface area contributed by atoms with Crippen LogP contribution in [0.4, 0.5) is 5.95 Å². The highest BCUT2D eigenvalue weighted by molar-refractivity contribution is 5.31. The number of hydrogen-bond acceptors (Lipinski definition) is 4. The fraction of sp³-hybridized carbons (Fsp3) is 0.857. The molecule has 2 fully saturated rings. The van der Waals surface area contributed by atoms with Crippen molar-refractivity contribution < 1.29 is 0 Å². The van der Waals surface area contributed by atoms with Gasteiger partial charge in [-0.05, 0) is 19.8 Å². The second-order valence-corrected chi connectivity index (χ2v) is 6.41. The van der Waals surface area contributed by atoms with Crippen LogP contribution < -0.4 is 10.2 Å². The fourth-order valence-electron chi connectivity index (χ4n) is 3.35. The van der Waals surface area contributed by atoms with Crippen LogP contribution in [0.3, 0.4) is 0 Å². The molecule has 1 saturated heterocycles. The van der Waals surface area contributed by atoms with E-state index in [0.717, 1.165) is 31.4 Å². The summed E-state index contributed by atoms with van der Waals surface area (Å²) in [7, 11) is 0. The summed E-state index contributed by atoms with van der Waals surface area (Å²) in [6.45, 7) is 7.55. The van der Waals surface area contributed by atoms with E-state index < -0.39 is 0 Å². The zero-order valence-electron chi connectivity index (χ0n) is 12.1. The molecule has 2 aliphatic rings. The van der Waals surface area contributed by atoms with Crippen molar-refractivity contribution in [3.63, 3.8) is 0 Å². The van der Waals surface area contributed by atoms with E-state index in [1.807, 2.05) is 0 Å². The highest BCUT2D eigenvalue weighted by Gasteiger charge is 2.33. The number of aromatic amines is 1. The average molecular weight is 263 g/mol. The first-order valence-corrected chi connectivity index (χ1v) is 7.59. The van der Waals surface area contributed by atoms with Gasteiger partial charge >= 0.3 is 0 Å². The third kappa shape index (κ3) is 2.61. The first kappa shape index (κ1) is 12.9. The average Bonchev–Trinajstić information content (AvgIpc) is 2.90. The summed E-state index contributed by atoms with van der Waals surface area (Å²) < 4.78 is 0. The van der Waals surface area contributed by atoms with Crippen LogP contribution in [-0.4, -0.2) is 40.9 Å². The summed E-state index contributed by atoms with van der Waals surface area (Å²) in [5.41, 5.74) is 0.211. The predicted molar refractivity (Wildman–Crippen MR) is 76.5 cm³/mol. The molecule has 1 aromatic rings. The molecule has 1 aromatic heterocycles. The van der Waals surface area contributed by atoms with Crippen LogP contribution in [0.5, 0.6) is 0 Å². The number of piperazine rings is 1. The van der Waals surface area contributed by atoms with Crippen LogP contribution in [0, 0.1) is 0 Å². The molecule has 1 atom stereocenters. The maximum absolute atomic E-state index is 4.80. The second kappa shape index (κ2) is 5.12. The van der Waals surface area contributed by atoms with Crippen LogP contribution in [0.25, 0.3) is 0 Å². The Kier molecular flexibility index (Phi) is 3.48. The van der Waals surface area contributed by atoms with E-state index in [4.69, 9.17) is 4.98 Å². The van der Waals surface area contributed by atoms with Gasteiger partial charge in [-0.1, -0.05) is 26.2 Å². The lowest BCUT2D eigenvalue weighted by Gasteiger charge is -2.32. The predicted octanol–water partition coefficient (Wildman–Crippen LogP) is 1.82. The molecule has 1 aliphatic heterocycles. The molecule has 1 aliphatic carbocycles. The van der Waals surface area contributed by atoms with Gasteiger partial charge in [-0.3, -0.25) is 5.10 Å². The van der Waals surface area contributed by atoms with Crippen LogP contribution >= 0.6 is 0 Å². The number of rotatable bonds is 2. The van der Waals surface area contributed by atoms with Gasteiger partial charge in [-0.25, -0.2) is 0 Å². The molecule has 0 bridgehead atoms. The van der Waals surface area contributed by atoms with E-state index in [9.17, 15) is 0 Å². The lowest BCUT2D eigenvalue weighted by Crippen LogP contribution is -2.49. The minimum atomic E-state index is 0.211. The molecule has 3 rings (SSSR count). The van der Waals surface area contributed by atoms with E-state index in [1.165, 1.54) is 32.1 Å². The molecule has 0 radical (unpaired) electrons. The van der Waals surface area contributed by atoms with E-state index in [2.05, 4.69) is 34.3 Å². The van der Waals surface area contributed by atoms with E-state index >= 15 is 0 Å². The Morgan fingerprint density at radius 3 is 2.79 bits per heavy atom. The maximum Gasteiger partial charge on any atom is 0.244 e. The molecule has 0 amide bonds. The minimum Gasteiger partial charge on any atom is -0.337 e. The van der Waals surface area contributed by atoms with E-state index in [0.29, 0.717) is 6.04 Å². The molecular formula is C14H25N5. The van der Waals surface area contributed by atoms with Crippen molar-refractivity contribution in [1.29, 1.82) is 0 Å². The van der Waals surface area contributed by atoms with E-state index in [1.54, 1.807) is 0 Å². The Labute approximate surface area is 115 Å². The molecule has 5 heteroatoms. The molecule has 0 unspecified atom stereocenters. The highest BCUT2D eigenvalue weighted by Crippen LogP contribution is 2.37. The molecule has 106 valence electrons. The summed E-state index contributed by atoms with van der Waals surface area (Å²) in [5, 5.41) is 11.1. The number of H-pyrrole nitrogens is 1. The summed E-state index contributed by atoms with van der Waals surface area (Å²) in [6.07, 6.45) is 6.47. The van der Waals surface area contributed by atoms with Gasteiger partial charge in [0, 0.05) is 31.1 Å². The van der Waals surface area contributed by atoms with Crippen LogP contribution in [0.15, 0.2) is 0 Å². The van der Waals surface area contributed by atoms with E-state index in [-0.39, 0.29) is 5.41 Å². The topological polar surface area (TPSA) is 56.8 Å². The lowest BCUT2D eigenvalue weighted by molar-refractivity contribution is 0.305. The van der Waals surface area contributed by atoms with Gasteiger partial charge < -0.3 is 10.2 Å². The second-order valence-electron chi connectivity index (χ2n) is 6.41. The fourth-order valence-corrected chi connectivity index (χ4v) is 3.35. The maximum atomic E-state index is 4.80. The smallest absolute Gasteiger partial charge is 0.244 e. The van der Waals surface area contributed by atoms with Gasteiger partial charge in [0.15, 0.2) is 0 Å². The number of anilines is 1. The largest absolute Gasteiger partial charge is 0.337 e.